The third-order valence-corrected chi connectivity index (χ3v) is 7.00. The first-order valence-electron chi connectivity index (χ1n) is 9.73. The van der Waals surface area contributed by atoms with Crippen LogP contribution in [0.5, 0.6) is 0 Å². The van der Waals surface area contributed by atoms with Crippen molar-refractivity contribution >= 4 is 34.3 Å². The van der Waals surface area contributed by atoms with Gasteiger partial charge in [0.1, 0.15) is 5.01 Å². The van der Waals surface area contributed by atoms with E-state index in [1.54, 1.807) is 16.8 Å². The molecule has 6 nitrogen and oxygen atoms in total. The lowest BCUT2D eigenvalue weighted by Crippen LogP contribution is -2.20. The zero-order valence-electron chi connectivity index (χ0n) is 16.0. The van der Waals surface area contributed by atoms with E-state index < -0.39 is 5.91 Å². The Morgan fingerprint density at radius 2 is 2.17 bits per heavy atom. The number of fused-ring (bicyclic) bond motifs is 1. The fourth-order valence-electron chi connectivity index (χ4n) is 3.60. The van der Waals surface area contributed by atoms with Gasteiger partial charge in [-0.05, 0) is 43.1 Å². The summed E-state index contributed by atoms with van der Waals surface area (Å²) >= 11 is 3.18. The average Bonchev–Trinajstić information content (AvgIpc) is 3.47. The summed E-state index contributed by atoms with van der Waals surface area (Å²) in [5, 5.41) is 18.7. The SMILES string of the molecule is O=C(Cc1ccc(-c2csc(CNCCCC3CNc4ccccc43)n2)s1)NO. The van der Waals surface area contributed by atoms with Crippen LogP contribution in [0.15, 0.2) is 41.8 Å². The number of carbonyl (C=O) groups excluding carboxylic acids is 1. The van der Waals surface area contributed by atoms with E-state index in [1.807, 2.05) is 12.1 Å². The van der Waals surface area contributed by atoms with Gasteiger partial charge in [-0.15, -0.1) is 22.7 Å². The maximum Gasteiger partial charge on any atom is 0.248 e. The van der Waals surface area contributed by atoms with Crippen molar-refractivity contribution in [3.63, 3.8) is 0 Å². The fraction of sp³-hybridized carbons (Fsp3) is 0.333. The first-order valence-corrected chi connectivity index (χ1v) is 11.4. The quantitative estimate of drug-likeness (QED) is 0.235. The Balaban J connectivity index is 1.21. The Kier molecular flexibility index (Phi) is 6.56. The Labute approximate surface area is 178 Å². The standard InChI is InChI=1S/C21H24N4O2S2/c26-20(25-27)10-15-7-8-19(29-15)18-13-28-21(24-18)12-22-9-3-4-14-11-23-17-6-2-1-5-16(14)17/h1-2,5-8,13-14,22-23,27H,3-4,9-12H2,(H,25,26). The number of thiophene rings is 1. The highest BCUT2D eigenvalue weighted by Gasteiger charge is 2.20. The largest absolute Gasteiger partial charge is 0.384 e. The average molecular weight is 429 g/mol. The number of anilines is 1. The number of para-hydroxylation sites is 1. The van der Waals surface area contributed by atoms with Gasteiger partial charge < -0.3 is 10.6 Å². The number of hydrogen-bond donors (Lipinski definition) is 4. The number of nitrogens with one attached hydrogen (secondary N) is 3. The molecule has 2 aromatic heterocycles. The van der Waals surface area contributed by atoms with E-state index in [4.69, 9.17) is 10.2 Å². The van der Waals surface area contributed by atoms with Crippen molar-refractivity contribution in [1.82, 2.24) is 15.8 Å². The molecule has 4 N–H and O–H groups in total. The molecule has 1 amide bonds. The summed E-state index contributed by atoms with van der Waals surface area (Å²) in [6.45, 7) is 2.79. The molecule has 3 aromatic rings. The van der Waals surface area contributed by atoms with E-state index in [0.717, 1.165) is 46.5 Å². The first kappa shape index (κ1) is 20.0. The van der Waals surface area contributed by atoms with Gasteiger partial charge in [-0.2, -0.15) is 0 Å². The predicted octanol–water partition coefficient (Wildman–Crippen LogP) is 4.00. The van der Waals surface area contributed by atoms with Gasteiger partial charge in [0.25, 0.3) is 0 Å². The van der Waals surface area contributed by atoms with Crippen LogP contribution in [0, 0.1) is 0 Å². The number of hydrogen-bond acceptors (Lipinski definition) is 7. The molecule has 0 aliphatic carbocycles. The smallest absolute Gasteiger partial charge is 0.248 e. The molecule has 4 rings (SSSR count). The highest BCUT2D eigenvalue weighted by Crippen LogP contribution is 2.34. The van der Waals surface area contributed by atoms with Crippen molar-refractivity contribution < 1.29 is 10.0 Å². The van der Waals surface area contributed by atoms with Crippen LogP contribution < -0.4 is 16.1 Å². The minimum absolute atomic E-state index is 0.181. The van der Waals surface area contributed by atoms with Gasteiger partial charge in [0.15, 0.2) is 0 Å². The lowest BCUT2D eigenvalue weighted by atomic mass is 9.96. The van der Waals surface area contributed by atoms with Crippen LogP contribution in [-0.4, -0.2) is 29.2 Å². The van der Waals surface area contributed by atoms with Gasteiger partial charge in [0, 0.05) is 35.0 Å². The molecule has 152 valence electrons. The molecule has 1 aliphatic rings. The molecule has 8 heteroatoms. The lowest BCUT2D eigenvalue weighted by Gasteiger charge is -2.10. The van der Waals surface area contributed by atoms with Gasteiger partial charge in [0.05, 0.1) is 17.0 Å². The number of amides is 1. The Bertz CT molecular complexity index is 969. The number of benzene rings is 1. The number of hydroxylamine groups is 1. The highest BCUT2D eigenvalue weighted by atomic mass is 32.1. The van der Waals surface area contributed by atoms with Crippen LogP contribution in [0.1, 0.15) is 34.2 Å². The predicted molar refractivity (Wildman–Crippen MR) is 118 cm³/mol. The first-order chi connectivity index (χ1) is 14.2. The van der Waals surface area contributed by atoms with Crippen molar-refractivity contribution in [3.05, 3.63) is 57.2 Å². The molecule has 0 bridgehead atoms. The van der Waals surface area contributed by atoms with E-state index >= 15 is 0 Å². The van der Waals surface area contributed by atoms with Crippen LogP contribution in [0.25, 0.3) is 10.6 Å². The second-order valence-corrected chi connectivity index (χ2v) is 9.20. The Morgan fingerprint density at radius 1 is 1.28 bits per heavy atom. The van der Waals surface area contributed by atoms with E-state index in [2.05, 4.69) is 40.3 Å². The molecule has 0 fully saturated rings. The topological polar surface area (TPSA) is 86.3 Å². The van der Waals surface area contributed by atoms with Crippen molar-refractivity contribution in [2.75, 3.05) is 18.4 Å². The van der Waals surface area contributed by atoms with Crippen molar-refractivity contribution in [2.45, 2.75) is 31.7 Å². The molecule has 0 saturated carbocycles. The van der Waals surface area contributed by atoms with Gasteiger partial charge in [-0.1, -0.05) is 18.2 Å². The summed E-state index contributed by atoms with van der Waals surface area (Å²) in [4.78, 5) is 17.9. The number of rotatable bonds is 9. The van der Waals surface area contributed by atoms with Crippen LogP contribution in [0.4, 0.5) is 5.69 Å². The fourth-order valence-corrected chi connectivity index (χ4v) is 5.40. The zero-order chi connectivity index (χ0) is 20.1. The second-order valence-electron chi connectivity index (χ2n) is 7.09. The maximum absolute atomic E-state index is 11.3. The Morgan fingerprint density at radius 3 is 3.07 bits per heavy atom. The monoisotopic (exact) mass is 428 g/mol. The third kappa shape index (κ3) is 5.02. The lowest BCUT2D eigenvalue weighted by molar-refractivity contribution is -0.128. The molecule has 29 heavy (non-hydrogen) atoms. The van der Waals surface area contributed by atoms with E-state index in [1.165, 1.54) is 29.0 Å². The summed E-state index contributed by atoms with van der Waals surface area (Å²) < 4.78 is 0. The van der Waals surface area contributed by atoms with E-state index in [0.29, 0.717) is 5.92 Å². The minimum atomic E-state index is -0.404. The minimum Gasteiger partial charge on any atom is -0.384 e. The van der Waals surface area contributed by atoms with Gasteiger partial charge in [-0.3, -0.25) is 10.0 Å². The van der Waals surface area contributed by atoms with Gasteiger partial charge in [-0.25, -0.2) is 10.5 Å². The molecule has 1 aliphatic heterocycles. The van der Waals surface area contributed by atoms with Crippen molar-refractivity contribution in [2.24, 2.45) is 0 Å². The number of carbonyl (C=O) groups is 1. The molecular weight excluding hydrogens is 404 g/mol. The van der Waals surface area contributed by atoms with Crippen LogP contribution >= 0.6 is 22.7 Å². The molecule has 0 radical (unpaired) electrons. The Hall–Kier alpha value is -2.26. The summed E-state index contributed by atoms with van der Waals surface area (Å²) in [7, 11) is 0. The molecule has 1 atom stereocenters. The number of thiazole rings is 1. The van der Waals surface area contributed by atoms with Crippen molar-refractivity contribution in [1.29, 1.82) is 0 Å². The van der Waals surface area contributed by atoms with E-state index in [-0.39, 0.29) is 6.42 Å². The van der Waals surface area contributed by atoms with Crippen LogP contribution in [0.2, 0.25) is 0 Å². The highest BCUT2D eigenvalue weighted by molar-refractivity contribution is 7.16. The van der Waals surface area contributed by atoms with Crippen LogP contribution in [0.3, 0.4) is 0 Å². The van der Waals surface area contributed by atoms with E-state index in [9.17, 15) is 4.79 Å². The van der Waals surface area contributed by atoms with Crippen LogP contribution in [-0.2, 0) is 17.8 Å². The molecule has 0 spiro atoms. The molecule has 1 aromatic carbocycles. The molecule has 0 saturated heterocycles. The second kappa shape index (κ2) is 9.49. The summed E-state index contributed by atoms with van der Waals surface area (Å²) in [5.41, 5.74) is 5.35. The third-order valence-electron chi connectivity index (χ3n) is 5.05. The number of aromatic nitrogens is 1. The summed E-state index contributed by atoms with van der Waals surface area (Å²) in [6, 6.07) is 12.5. The summed E-state index contributed by atoms with van der Waals surface area (Å²) in [5.74, 6) is 0.207. The molecule has 3 heterocycles. The van der Waals surface area contributed by atoms with Crippen molar-refractivity contribution in [3.8, 4) is 10.6 Å². The van der Waals surface area contributed by atoms with Gasteiger partial charge in [0.2, 0.25) is 5.91 Å². The zero-order valence-corrected chi connectivity index (χ0v) is 17.6. The normalized spacial score (nSPS) is 15.1. The maximum atomic E-state index is 11.3. The number of nitrogens with zero attached hydrogens (tertiary/aromatic N) is 1. The molecular formula is C21H24N4O2S2. The molecule has 1 unspecified atom stereocenters. The van der Waals surface area contributed by atoms with Gasteiger partial charge >= 0.3 is 0 Å². The summed E-state index contributed by atoms with van der Waals surface area (Å²) in [6.07, 6.45) is 2.50.